The number of nitrogens with one attached hydrogen (secondary N) is 2. The molecule has 4 heterocycles. The quantitative estimate of drug-likeness (QED) is 0.191. The van der Waals surface area contributed by atoms with Gasteiger partial charge in [0.2, 0.25) is 18.6 Å². The van der Waals surface area contributed by atoms with Crippen LogP contribution in [-0.4, -0.2) is 72.7 Å². The fraction of sp³-hybridized carbons (Fsp3) is 0.342. The summed E-state index contributed by atoms with van der Waals surface area (Å²) in [5.41, 5.74) is 7.00. The minimum atomic E-state index is 0.0288. The van der Waals surface area contributed by atoms with E-state index in [1.165, 1.54) is 25.7 Å². The maximum Gasteiger partial charge on any atom is 0.231 e. The number of carbonyl (C=O) groups excluding carboxylic acids is 2. The molecule has 9 heteroatoms. The van der Waals surface area contributed by atoms with E-state index in [9.17, 15) is 9.59 Å². The van der Waals surface area contributed by atoms with Crippen molar-refractivity contribution < 1.29 is 19.1 Å². The highest BCUT2D eigenvalue weighted by Crippen LogP contribution is 2.38. The molecule has 1 aromatic heterocycles. The number of fused-ring (bicyclic) bond motifs is 1. The van der Waals surface area contributed by atoms with Gasteiger partial charge in [0.15, 0.2) is 11.5 Å². The van der Waals surface area contributed by atoms with Gasteiger partial charge in [0.25, 0.3) is 0 Å². The fourth-order valence-corrected chi connectivity index (χ4v) is 6.50. The van der Waals surface area contributed by atoms with Gasteiger partial charge in [-0.15, -0.1) is 0 Å². The van der Waals surface area contributed by atoms with Crippen molar-refractivity contribution in [1.82, 2.24) is 14.8 Å². The monoisotopic (exact) mass is 631 g/mol. The summed E-state index contributed by atoms with van der Waals surface area (Å²) in [6.07, 6.45) is 5.86. The molecule has 0 bridgehead atoms. The van der Waals surface area contributed by atoms with Gasteiger partial charge in [-0.1, -0.05) is 30.3 Å². The van der Waals surface area contributed by atoms with E-state index in [0.717, 1.165) is 95.8 Å². The van der Waals surface area contributed by atoms with E-state index in [0.29, 0.717) is 12.8 Å². The van der Waals surface area contributed by atoms with Crippen molar-refractivity contribution in [3.05, 3.63) is 78.9 Å². The van der Waals surface area contributed by atoms with Crippen LogP contribution in [-0.2, 0) is 9.59 Å². The van der Waals surface area contributed by atoms with Crippen molar-refractivity contribution in [2.24, 2.45) is 0 Å². The molecule has 2 N–H and O–H groups in total. The molecule has 0 spiro atoms. The number of pyridine rings is 1. The Labute approximate surface area is 275 Å². The van der Waals surface area contributed by atoms with Crippen molar-refractivity contribution >= 4 is 23.2 Å². The summed E-state index contributed by atoms with van der Waals surface area (Å²) in [6, 6.07) is 25.8. The Morgan fingerprint density at radius 3 is 1.55 bits per heavy atom. The maximum atomic E-state index is 12.6. The Balaban J connectivity index is 1.09. The number of benzene rings is 3. The Bertz CT molecular complexity index is 1620. The average molecular weight is 632 g/mol. The molecule has 3 aromatic carbocycles. The molecule has 242 valence electrons. The van der Waals surface area contributed by atoms with E-state index in [1.54, 1.807) is 0 Å². The number of carbonyl (C=O) groups is 2. The van der Waals surface area contributed by atoms with Crippen molar-refractivity contribution in [3.63, 3.8) is 0 Å². The molecule has 2 amide bonds. The normalized spacial score (nSPS) is 16.0. The average Bonchev–Trinajstić information content (AvgIpc) is 3.91. The second-order valence-corrected chi connectivity index (χ2v) is 12.5. The van der Waals surface area contributed by atoms with Crippen LogP contribution in [0, 0.1) is 0 Å². The smallest absolute Gasteiger partial charge is 0.231 e. The van der Waals surface area contributed by atoms with E-state index in [4.69, 9.17) is 14.5 Å². The van der Waals surface area contributed by atoms with Crippen LogP contribution in [0.5, 0.6) is 11.5 Å². The predicted molar refractivity (Wildman–Crippen MR) is 185 cm³/mol. The summed E-state index contributed by atoms with van der Waals surface area (Å²) >= 11 is 0. The molecule has 47 heavy (non-hydrogen) atoms. The number of hydrogen-bond acceptors (Lipinski definition) is 7. The number of ether oxygens (including phenoxy) is 2. The van der Waals surface area contributed by atoms with Gasteiger partial charge < -0.3 is 29.9 Å². The third-order valence-corrected chi connectivity index (χ3v) is 9.17. The number of amides is 2. The molecule has 3 aliphatic rings. The first-order valence-corrected chi connectivity index (χ1v) is 16.7. The van der Waals surface area contributed by atoms with Crippen LogP contribution in [0.15, 0.2) is 78.9 Å². The van der Waals surface area contributed by atoms with Gasteiger partial charge >= 0.3 is 0 Å². The summed E-state index contributed by atoms with van der Waals surface area (Å²) < 4.78 is 11.2. The number of nitrogens with zero attached hydrogens (tertiary/aromatic N) is 3. The molecule has 4 aromatic rings. The number of rotatable bonds is 11. The molecule has 7 rings (SSSR count). The van der Waals surface area contributed by atoms with Crippen LogP contribution >= 0.6 is 0 Å². The minimum Gasteiger partial charge on any atom is -0.454 e. The number of anilines is 2. The largest absolute Gasteiger partial charge is 0.454 e. The molecule has 2 fully saturated rings. The number of aromatic nitrogens is 1. The van der Waals surface area contributed by atoms with E-state index >= 15 is 0 Å². The molecule has 0 saturated carbocycles. The van der Waals surface area contributed by atoms with E-state index < -0.39 is 0 Å². The van der Waals surface area contributed by atoms with Gasteiger partial charge in [0, 0.05) is 48.4 Å². The minimum absolute atomic E-state index is 0.0288. The summed E-state index contributed by atoms with van der Waals surface area (Å²) in [6.45, 7) is 6.16. The molecule has 9 nitrogen and oxygen atoms in total. The Morgan fingerprint density at radius 1 is 0.574 bits per heavy atom. The van der Waals surface area contributed by atoms with Gasteiger partial charge in [0.05, 0.1) is 11.4 Å². The topological polar surface area (TPSA) is 96.0 Å². The molecular weight excluding hydrogens is 590 g/mol. The van der Waals surface area contributed by atoms with Crippen molar-refractivity contribution in [1.29, 1.82) is 0 Å². The first-order chi connectivity index (χ1) is 23.1. The lowest BCUT2D eigenvalue weighted by atomic mass is 9.99. The maximum absolute atomic E-state index is 12.6. The fourth-order valence-electron chi connectivity index (χ4n) is 6.50. The van der Waals surface area contributed by atoms with Gasteiger partial charge in [-0.25, -0.2) is 4.98 Å². The zero-order valence-electron chi connectivity index (χ0n) is 26.7. The van der Waals surface area contributed by atoms with Crippen LogP contribution < -0.4 is 20.1 Å². The van der Waals surface area contributed by atoms with Gasteiger partial charge in [0.1, 0.15) is 0 Å². The highest BCUT2D eigenvalue weighted by atomic mass is 16.7. The van der Waals surface area contributed by atoms with Crippen molar-refractivity contribution in [2.75, 3.05) is 56.7 Å². The zero-order valence-corrected chi connectivity index (χ0v) is 26.7. The van der Waals surface area contributed by atoms with E-state index in [-0.39, 0.29) is 18.6 Å². The number of likely N-dealkylation sites (tertiary alicyclic amines) is 2. The lowest BCUT2D eigenvalue weighted by molar-refractivity contribution is -0.117. The van der Waals surface area contributed by atoms with Gasteiger partial charge in [-0.2, -0.15) is 0 Å². The summed E-state index contributed by atoms with van der Waals surface area (Å²) in [7, 11) is 0. The summed E-state index contributed by atoms with van der Waals surface area (Å²) in [5, 5.41) is 6.08. The second-order valence-electron chi connectivity index (χ2n) is 12.5. The van der Waals surface area contributed by atoms with Crippen molar-refractivity contribution in [2.45, 2.75) is 38.5 Å². The lowest BCUT2D eigenvalue weighted by Crippen LogP contribution is -2.25. The molecule has 0 atom stereocenters. The first-order valence-electron chi connectivity index (χ1n) is 16.7. The van der Waals surface area contributed by atoms with E-state index in [1.807, 2.05) is 66.7 Å². The summed E-state index contributed by atoms with van der Waals surface area (Å²) in [4.78, 5) is 34.9. The van der Waals surface area contributed by atoms with Gasteiger partial charge in [-0.3, -0.25) is 9.59 Å². The Kier molecular flexibility index (Phi) is 9.44. The molecular formula is C38H41N5O4. The van der Waals surface area contributed by atoms with Crippen LogP contribution in [0.4, 0.5) is 11.4 Å². The highest BCUT2D eigenvalue weighted by Gasteiger charge is 2.17. The predicted octanol–water partition coefficient (Wildman–Crippen LogP) is 6.66. The van der Waals surface area contributed by atoms with E-state index in [2.05, 4.69) is 32.6 Å². The molecule has 3 aliphatic heterocycles. The molecule has 2 saturated heterocycles. The second kappa shape index (κ2) is 14.4. The standard InChI is InChI=1S/C38H41N5O4/c44-37(15-21-42-17-1-2-18-42)39-31-10-5-27(6-11-31)33-23-30(29-9-14-35-36(25-29)47-26-46-35)24-34(41-33)28-7-12-32(13-8-28)40-38(45)16-22-43-19-3-4-20-43/h5-14,23-25H,1-4,15-22,26H2,(H,39,44)(H,40,45). The molecule has 0 aliphatic carbocycles. The highest BCUT2D eigenvalue weighted by molar-refractivity contribution is 5.92. The lowest BCUT2D eigenvalue weighted by Gasteiger charge is -2.14. The SMILES string of the molecule is O=C(CCN1CCCC1)Nc1ccc(-c2cc(-c3ccc4c(c3)OCO4)cc(-c3ccc(NC(=O)CCN4CCCC4)cc3)n2)cc1. The molecule has 0 unspecified atom stereocenters. The van der Waals surface area contributed by atoms with Crippen LogP contribution in [0.3, 0.4) is 0 Å². The van der Waals surface area contributed by atoms with Crippen LogP contribution in [0.1, 0.15) is 38.5 Å². The first kappa shape index (κ1) is 30.9. The Morgan fingerprint density at radius 2 is 1.04 bits per heavy atom. The van der Waals surface area contributed by atoms with Gasteiger partial charge in [-0.05, 0) is 112 Å². The van der Waals surface area contributed by atoms with Crippen molar-refractivity contribution in [3.8, 4) is 45.1 Å². The Hall–Kier alpha value is -4.73. The summed E-state index contributed by atoms with van der Waals surface area (Å²) in [5.74, 6) is 1.51. The zero-order chi connectivity index (χ0) is 32.0. The third-order valence-electron chi connectivity index (χ3n) is 9.17. The van der Waals surface area contributed by atoms with Crippen LogP contribution in [0.25, 0.3) is 33.6 Å². The van der Waals surface area contributed by atoms with Crippen LogP contribution in [0.2, 0.25) is 0 Å². The third kappa shape index (κ3) is 7.81. The number of hydrogen-bond donors (Lipinski definition) is 2. The molecule has 0 radical (unpaired) electrons.